The highest BCUT2D eigenvalue weighted by Crippen LogP contribution is 2.28. The largest absolute Gasteiger partial charge is 0.490 e. The van der Waals surface area contributed by atoms with Gasteiger partial charge in [0.2, 0.25) is 11.8 Å². The summed E-state index contributed by atoms with van der Waals surface area (Å²) in [7, 11) is 3.25. The third-order valence-electron chi connectivity index (χ3n) is 6.10. The van der Waals surface area contributed by atoms with E-state index in [1.165, 1.54) is 16.1 Å². The van der Waals surface area contributed by atoms with E-state index in [0.717, 1.165) is 16.8 Å². The van der Waals surface area contributed by atoms with Crippen LogP contribution in [0.4, 0.5) is 17.6 Å². The van der Waals surface area contributed by atoms with Crippen LogP contribution in [0.5, 0.6) is 0 Å². The van der Waals surface area contributed by atoms with Gasteiger partial charge >= 0.3 is 12.1 Å². The summed E-state index contributed by atoms with van der Waals surface area (Å²) in [5, 5.41) is 18.4. The first-order valence-corrected chi connectivity index (χ1v) is 11.9. The van der Waals surface area contributed by atoms with Crippen molar-refractivity contribution in [1.29, 1.82) is 0 Å². The molecule has 11 nitrogen and oxygen atoms in total. The van der Waals surface area contributed by atoms with Gasteiger partial charge in [0.05, 0.1) is 18.2 Å². The van der Waals surface area contributed by atoms with E-state index in [9.17, 15) is 27.2 Å². The van der Waals surface area contributed by atoms with Gasteiger partial charge in [-0.2, -0.15) is 13.2 Å². The molecule has 3 atom stereocenters. The van der Waals surface area contributed by atoms with Crippen molar-refractivity contribution in [1.82, 2.24) is 30.0 Å². The van der Waals surface area contributed by atoms with Crippen LogP contribution in [-0.4, -0.2) is 98.5 Å². The number of aliphatic carboxylic acids is 1. The van der Waals surface area contributed by atoms with Crippen molar-refractivity contribution in [2.24, 2.45) is 5.73 Å². The molecule has 15 heteroatoms. The molecule has 40 heavy (non-hydrogen) atoms. The summed E-state index contributed by atoms with van der Waals surface area (Å²) in [6, 6.07) is 14.0. The first kappa shape index (κ1) is 30.1. The summed E-state index contributed by atoms with van der Waals surface area (Å²) >= 11 is 0. The highest BCUT2D eigenvalue weighted by Gasteiger charge is 2.39. The molecule has 1 aliphatic heterocycles. The van der Waals surface area contributed by atoms with E-state index in [1.807, 2.05) is 36.4 Å². The van der Waals surface area contributed by atoms with E-state index in [1.54, 1.807) is 30.9 Å². The van der Waals surface area contributed by atoms with Gasteiger partial charge in [-0.05, 0) is 45.7 Å². The summed E-state index contributed by atoms with van der Waals surface area (Å²) in [6.45, 7) is 0.332. The number of benzene rings is 2. The van der Waals surface area contributed by atoms with Gasteiger partial charge in [0, 0.05) is 20.6 Å². The number of carboxylic acids is 1. The number of halogens is 4. The van der Waals surface area contributed by atoms with Crippen LogP contribution in [0, 0.1) is 0 Å². The number of nitrogens with zero attached hydrogens (tertiary/aromatic N) is 6. The van der Waals surface area contributed by atoms with Crippen LogP contribution in [0.2, 0.25) is 0 Å². The molecule has 2 aromatic carbocycles. The molecule has 0 spiro atoms. The normalized spacial score (nSPS) is 16.5. The molecule has 0 radical (unpaired) electrons. The van der Waals surface area contributed by atoms with Crippen LogP contribution in [0.3, 0.4) is 0 Å². The first-order valence-electron chi connectivity index (χ1n) is 11.9. The standard InChI is InChI=1S/C23H26FN7O2.C2HF3O2/c1-29(2)22(32)20(21(25)23(33)30-11-10-18(24)13-30)16-8-6-15(7-9-16)17-4-3-5-19(12-17)31-14-26-27-28-31;3-2(4,5)1(6)7/h3-9,12,14,18,20-21H,10-11,13,25H2,1-2H3;(H,6,7)/t18-,20-,21-;/m0./s1. The Kier molecular flexibility index (Phi) is 9.52. The lowest BCUT2D eigenvalue weighted by molar-refractivity contribution is -0.192. The number of carbonyl (C=O) groups excluding carboxylic acids is 2. The number of carboxylic acid groups (broad SMARTS) is 1. The van der Waals surface area contributed by atoms with Crippen molar-refractivity contribution in [3.8, 4) is 16.8 Å². The second-order valence-corrected chi connectivity index (χ2v) is 9.14. The Morgan fingerprint density at radius 1 is 1.10 bits per heavy atom. The fourth-order valence-corrected chi connectivity index (χ4v) is 4.04. The number of aromatic nitrogens is 4. The van der Waals surface area contributed by atoms with Crippen molar-refractivity contribution in [3.63, 3.8) is 0 Å². The van der Waals surface area contributed by atoms with Gasteiger partial charge in [-0.15, -0.1) is 5.10 Å². The average molecular weight is 566 g/mol. The highest BCUT2D eigenvalue weighted by molar-refractivity contribution is 5.93. The molecule has 3 aromatic rings. The number of nitrogens with two attached hydrogens (primary N) is 1. The van der Waals surface area contributed by atoms with Crippen molar-refractivity contribution < 1.29 is 37.1 Å². The van der Waals surface area contributed by atoms with Crippen molar-refractivity contribution >= 4 is 17.8 Å². The predicted octanol–water partition coefficient (Wildman–Crippen LogP) is 2.03. The van der Waals surface area contributed by atoms with E-state index in [-0.39, 0.29) is 12.5 Å². The van der Waals surface area contributed by atoms with Gasteiger partial charge in [-0.3, -0.25) is 9.59 Å². The number of amides is 2. The zero-order chi connectivity index (χ0) is 29.6. The molecule has 1 aromatic heterocycles. The molecule has 1 fully saturated rings. The Balaban J connectivity index is 0.000000559. The topological polar surface area (TPSA) is 148 Å². The summed E-state index contributed by atoms with van der Waals surface area (Å²) in [5.74, 6) is -4.31. The molecule has 0 unspecified atom stereocenters. The Morgan fingerprint density at radius 2 is 1.75 bits per heavy atom. The minimum Gasteiger partial charge on any atom is -0.475 e. The predicted molar refractivity (Wildman–Crippen MR) is 134 cm³/mol. The van der Waals surface area contributed by atoms with Crippen molar-refractivity contribution in [2.75, 3.05) is 27.2 Å². The number of carbonyl (C=O) groups is 3. The highest BCUT2D eigenvalue weighted by atomic mass is 19.4. The molecule has 1 saturated heterocycles. The average Bonchev–Trinajstić information content (AvgIpc) is 3.61. The van der Waals surface area contributed by atoms with Gasteiger partial charge in [0.1, 0.15) is 18.5 Å². The Morgan fingerprint density at radius 3 is 2.25 bits per heavy atom. The number of likely N-dealkylation sites (N-methyl/N-ethyl adjacent to an activating group) is 1. The number of hydrogen-bond donors (Lipinski definition) is 2. The Labute approximate surface area is 226 Å². The zero-order valence-corrected chi connectivity index (χ0v) is 21.5. The van der Waals surface area contributed by atoms with Gasteiger partial charge in [0.25, 0.3) is 0 Å². The minimum atomic E-state index is -5.08. The zero-order valence-electron chi connectivity index (χ0n) is 21.5. The molecule has 4 rings (SSSR count). The molecule has 3 N–H and O–H groups in total. The fourth-order valence-electron chi connectivity index (χ4n) is 4.04. The number of hydrogen-bond acceptors (Lipinski definition) is 7. The van der Waals surface area contributed by atoms with Crippen molar-refractivity contribution in [3.05, 3.63) is 60.4 Å². The Hall–Kier alpha value is -4.40. The second kappa shape index (κ2) is 12.6. The lowest BCUT2D eigenvalue weighted by Crippen LogP contribution is -2.50. The third-order valence-corrected chi connectivity index (χ3v) is 6.10. The molecular weight excluding hydrogens is 538 g/mol. The maximum atomic E-state index is 13.6. The van der Waals surface area contributed by atoms with Gasteiger partial charge in [-0.25, -0.2) is 13.9 Å². The van der Waals surface area contributed by atoms with Crippen LogP contribution in [0.15, 0.2) is 54.9 Å². The maximum absolute atomic E-state index is 13.6. The van der Waals surface area contributed by atoms with E-state index in [0.29, 0.717) is 18.5 Å². The SMILES string of the molecule is CN(C)C(=O)[C@@H](c1ccc(-c2cccc(-n3cnnn3)c2)cc1)[C@H](N)C(=O)N1CC[C@H](F)C1.O=C(O)C(F)(F)F. The van der Waals surface area contributed by atoms with Crippen LogP contribution in [0.25, 0.3) is 16.8 Å². The van der Waals surface area contributed by atoms with Crippen molar-refractivity contribution in [2.45, 2.75) is 30.7 Å². The fraction of sp³-hybridized carbons (Fsp3) is 0.360. The van der Waals surface area contributed by atoms with Crippen LogP contribution < -0.4 is 5.73 Å². The van der Waals surface area contributed by atoms with Crippen LogP contribution in [-0.2, 0) is 14.4 Å². The third kappa shape index (κ3) is 7.37. The molecule has 2 heterocycles. The van der Waals surface area contributed by atoms with E-state index in [4.69, 9.17) is 15.6 Å². The van der Waals surface area contributed by atoms with Gasteiger partial charge in [0.15, 0.2) is 0 Å². The monoisotopic (exact) mass is 565 g/mol. The summed E-state index contributed by atoms with van der Waals surface area (Å²) in [4.78, 5) is 37.6. The van der Waals surface area contributed by atoms with E-state index >= 15 is 0 Å². The van der Waals surface area contributed by atoms with Gasteiger partial charge in [-0.1, -0.05) is 36.4 Å². The molecule has 0 bridgehead atoms. The smallest absolute Gasteiger partial charge is 0.475 e. The maximum Gasteiger partial charge on any atom is 0.490 e. The number of likely N-dealkylation sites (tertiary alicyclic amines) is 1. The number of rotatable bonds is 6. The lowest BCUT2D eigenvalue weighted by atomic mass is 9.88. The minimum absolute atomic E-state index is 0.0198. The molecule has 0 saturated carbocycles. The number of alkyl halides is 4. The molecular formula is C25H27F4N7O4. The first-order chi connectivity index (χ1) is 18.8. The number of tetrazole rings is 1. The van der Waals surface area contributed by atoms with Gasteiger partial charge < -0.3 is 20.6 Å². The lowest BCUT2D eigenvalue weighted by Gasteiger charge is -2.28. The summed E-state index contributed by atoms with van der Waals surface area (Å²) in [5.41, 5.74) is 9.60. The van der Waals surface area contributed by atoms with E-state index in [2.05, 4.69) is 15.5 Å². The quantitative estimate of drug-likeness (QED) is 0.432. The Bertz CT molecular complexity index is 1320. The van der Waals surface area contributed by atoms with Crippen LogP contribution in [0.1, 0.15) is 17.9 Å². The molecule has 1 aliphatic rings. The van der Waals surface area contributed by atoms with E-state index < -0.39 is 36.2 Å². The van der Waals surface area contributed by atoms with Crippen LogP contribution >= 0.6 is 0 Å². The molecule has 214 valence electrons. The molecule has 2 amide bonds. The second-order valence-electron chi connectivity index (χ2n) is 9.14. The summed E-state index contributed by atoms with van der Waals surface area (Å²) in [6.07, 6.45) is -4.32. The summed E-state index contributed by atoms with van der Waals surface area (Å²) < 4.78 is 46.9. The molecule has 0 aliphatic carbocycles.